The van der Waals surface area contributed by atoms with Crippen molar-refractivity contribution in [3.63, 3.8) is 0 Å². The second-order valence-electron chi connectivity index (χ2n) is 5.63. The van der Waals surface area contributed by atoms with Gasteiger partial charge in [0.15, 0.2) is 5.13 Å². The number of carboxylic acid groups (broad SMARTS) is 1. The second kappa shape index (κ2) is 7.39. The number of piperidine rings is 1. The summed E-state index contributed by atoms with van der Waals surface area (Å²) < 4.78 is 0. The van der Waals surface area contributed by atoms with E-state index < -0.39 is 18.2 Å². The first-order chi connectivity index (χ1) is 11.6. The van der Waals surface area contributed by atoms with Crippen LogP contribution in [0.3, 0.4) is 0 Å². The fourth-order valence-corrected chi connectivity index (χ4v) is 4.98. The van der Waals surface area contributed by atoms with Gasteiger partial charge in [0, 0.05) is 11.6 Å². The number of nitrogens with one attached hydrogen (secondary N) is 2. The number of carbonyl (C=O) groups excluding carboxylic acids is 2. The van der Waals surface area contributed by atoms with Gasteiger partial charge in [0.25, 0.3) is 0 Å². The fourth-order valence-electron chi connectivity index (χ4n) is 3.06. The van der Waals surface area contributed by atoms with Crippen LogP contribution in [0, 0.1) is 0 Å². The number of anilines is 1. The summed E-state index contributed by atoms with van der Waals surface area (Å²) in [6, 6.07) is -1.39. The van der Waals surface area contributed by atoms with Crippen molar-refractivity contribution < 1.29 is 19.5 Å². The minimum Gasteiger partial charge on any atom is -0.465 e. The number of rotatable bonds is 3. The molecule has 3 rings (SSSR count). The summed E-state index contributed by atoms with van der Waals surface area (Å²) in [6.07, 6.45) is 3.05. The highest BCUT2D eigenvalue weighted by Crippen LogP contribution is 2.34. The van der Waals surface area contributed by atoms with Crippen LogP contribution in [0.2, 0.25) is 0 Å². The zero-order valence-electron chi connectivity index (χ0n) is 12.8. The van der Waals surface area contributed by atoms with Gasteiger partial charge in [-0.25, -0.2) is 9.78 Å². The summed E-state index contributed by atoms with van der Waals surface area (Å²) in [6.45, 7) is 0. The van der Waals surface area contributed by atoms with Crippen molar-refractivity contribution in [3.05, 3.63) is 11.6 Å². The van der Waals surface area contributed by atoms with Crippen molar-refractivity contribution in [2.24, 2.45) is 0 Å². The highest BCUT2D eigenvalue weighted by Gasteiger charge is 2.43. The molecule has 10 heteroatoms. The maximum Gasteiger partial charge on any atom is 0.405 e. The van der Waals surface area contributed by atoms with Crippen LogP contribution < -0.4 is 10.6 Å². The number of thiazole rings is 1. The first kappa shape index (κ1) is 17.0. The molecule has 0 radical (unpaired) electrons. The van der Waals surface area contributed by atoms with Crippen molar-refractivity contribution in [2.45, 2.75) is 43.1 Å². The predicted octanol–water partition coefficient (Wildman–Crippen LogP) is 1.56. The standard InChI is InChI=1S/C14H18N4O4S2/c19-11(17-13-15-5-7-24-13)9-2-1-3-10-18(9)12(20)8(4-6-23-10)16-14(21)22/h5,7-10,16H,1-4,6H2,(H,21,22)(H,15,17,19)/t8?,9?,10-/m0/s1. The molecule has 2 saturated heterocycles. The molecule has 2 aliphatic rings. The van der Waals surface area contributed by atoms with Crippen LogP contribution in [-0.4, -0.2) is 56.1 Å². The zero-order chi connectivity index (χ0) is 17.1. The maximum absolute atomic E-state index is 12.8. The molecule has 2 aliphatic heterocycles. The molecule has 3 heterocycles. The Hall–Kier alpha value is -1.81. The van der Waals surface area contributed by atoms with Gasteiger partial charge >= 0.3 is 6.09 Å². The first-order valence-corrected chi connectivity index (χ1v) is 9.62. The third-order valence-electron chi connectivity index (χ3n) is 4.11. The molecule has 3 atom stereocenters. The fraction of sp³-hybridized carbons (Fsp3) is 0.571. The molecule has 2 unspecified atom stereocenters. The Labute approximate surface area is 147 Å². The lowest BCUT2D eigenvalue weighted by Gasteiger charge is -2.40. The molecule has 0 aromatic carbocycles. The summed E-state index contributed by atoms with van der Waals surface area (Å²) in [7, 11) is 0. The number of aromatic nitrogens is 1. The molecule has 1 aromatic heterocycles. The van der Waals surface area contributed by atoms with Crippen LogP contribution in [0.15, 0.2) is 11.6 Å². The molecule has 2 fully saturated rings. The van der Waals surface area contributed by atoms with Gasteiger partial charge in [-0.1, -0.05) is 0 Å². The molecule has 1 aromatic rings. The highest BCUT2D eigenvalue weighted by atomic mass is 32.2. The van der Waals surface area contributed by atoms with Gasteiger partial charge < -0.3 is 20.6 Å². The molecule has 0 spiro atoms. The van der Waals surface area contributed by atoms with Gasteiger partial charge in [-0.2, -0.15) is 0 Å². The lowest BCUT2D eigenvalue weighted by Crippen LogP contribution is -2.58. The Bertz CT molecular complexity index is 624. The smallest absolute Gasteiger partial charge is 0.405 e. The molecule has 3 N–H and O–H groups in total. The lowest BCUT2D eigenvalue weighted by atomic mass is 9.99. The predicted molar refractivity (Wildman–Crippen MR) is 91.0 cm³/mol. The van der Waals surface area contributed by atoms with Crippen LogP contribution in [0.1, 0.15) is 25.7 Å². The number of amides is 3. The van der Waals surface area contributed by atoms with Gasteiger partial charge in [-0.15, -0.1) is 23.1 Å². The van der Waals surface area contributed by atoms with Crippen molar-refractivity contribution in [3.8, 4) is 0 Å². The van der Waals surface area contributed by atoms with Crippen LogP contribution in [-0.2, 0) is 9.59 Å². The molecule has 8 nitrogen and oxygen atoms in total. The summed E-state index contributed by atoms with van der Waals surface area (Å²) in [4.78, 5) is 42.0. The summed E-state index contributed by atoms with van der Waals surface area (Å²) in [5.74, 6) is 0.101. The molecule has 0 saturated carbocycles. The number of carbonyl (C=O) groups is 3. The number of fused-ring (bicyclic) bond motifs is 1. The van der Waals surface area contributed by atoms with E-state index in [4.69, 9.17) is 5.11 Å². The average Bonchev–Trinajstić information content (AvgIpc) is 3.00. The minimum atomic E-state index is -1.22. The molecule has 130 valence electrons. The number of thioether (sulfide) groups is 1. The Kier molecular flexibility index (Phi) is 5.24. The van der Waals surface area contributed by atoms with E-state index in [9.17, 15) is 14.4 Å². The van der Waals surface area contributed by atoms with Gasteiger partial charge in [-0.05, 0) is 31.4 Å². The Morgan fingerprint density at radius 1 is 1.33 bits per heavy atom. The van der Waals surface area contributed by atoms with Gasteiger partial charge in [-0.3, -0.25) is 9.59 Å². The number of hydrogen-bond donors (Lipinski definition) is 3. The van der Waals surface area contributed by atoms with E-state index in [1.165, 1.54) is 11.3 Å². The largest absolute Gasteiger partial charge is 0.465 e. The van der Waals surface area contributed by atoms with E-state index in [0.29, 0.717) is 23.7 Å². The molecule has 3 amide bonds. The molecule has 0 bridgehead atoms. The van der Waals surface area contributed by atoms with E-state index >= 15 is 0 Å². The monoisotopic (exact) mass is 370 g/mol. The van der Waals surface area contributed by atoms with Gasteiger partial charge in [0.1, 0.15) is 12.1 Å². The molecular formula is C14H18N4O4S2. The average molecular weight is 370 g/mol. The number of hydrogen-bond acceptors (Lipinski definition) is 6. The second-order valence-corrected chi connectivity index (χ2v) is 7.82. The Balaban J connectivity index is 1.79. The molecule has 24 heavy (non-hydrogen) atoms. The normalized spacial score (nSPS) is 27.1. The van der Waals surface area contributed by atoms with Crippen LogP contribution in [0.4, 0.5) is 9.93 Å². The van der Waals surface area contributed by atoms with E-state index in [1.54, 1.807) is 28.2 Å². The highest BCUT2D eigenvalue weighted by molar-refractivity contribution is 7.99. The minimum absolute atomic E-state index is 0.0844. The van der Waals surface area contributed by atoms with Crippen LogP contribution in [0.25, 0.3) is 0 Å². The Morgan fingerprint density at radius 3 is 2.88 bits per heavy atom. The van der Waals surface area contributed by atoms with Crippen molar-refractivity contribution >= 4 is 46.1 Å². The summed E-state index contributed by atoms with van der Waals surface area (Å²) in [5, 5.41) is 16.1. The quantitative estimate of drug-likeness (QED) is 0.744. The summed E-state index contributed by atoms with van der Waals surface area (Å²) in [5.41, 5.74) is 0. The third-order valence-corrected chi connectivity index (χ3v) is 6.11. The van der Waals surface area contributed by atoms with Crippen molar-refractivity contribution in [2.75, 3.05) is 11.1 Å². The lowest BCUT2D eigenvalue weighted by molar-refractivity contribution is -0.142. The van der Waals surface area contributed by atoms with E-state index in [2.05, 4.69) is 15.6 Å². The van der Waals surface area contributed by atoms with Gasteiger partial charge in [0.2, 0.25) is 11.8 Å². The van der Waals surface area contributed by atoms with Crippen LogP contribution in [0.5, 0.6) is 0 Å². The summed E-state index contributed by atoms with van der Waals surface area (Å²) >= 11 is 2.93. The van der Waals surface area contributed by atoms with Gasteiger partial charge in [0.05, 0.1) is 5.37 Å². The third kappa shape index (κ3) is 3.64. The zero-order valence-corrected chi connectivity index (χ0v) is 14.4. The maximum atomic E-state index is 12.8. The van der Waals surface area contributed by atoms with Crippen molar-refractivity contribution in [1.29, 1.82) is 0 Å². The van der Waals surface area contributed by atoms with Crippen LogP contribution >= 0.6 is 23.1 Å². The molecule has 0 aliphatic carbocycles. The topological polar surface area (TPSA) is 112 Å². The molecular weight excluding hydrogens is 352 g/mol. The van der Waals surface area contributed by atoms with E-state index in [-0.39, 0.29) is 17.2 Å². The first-order valence-electron chi connectivity index (χ1n) is 7.70. The van der Waals surface area contributed by atoms with Crippen molar-refractivity contribution in [1.82, 2.24) is 15.2 Å². The number of nitrogens with zero attached hydrogens (tertiary/aromatic N) is 2. The SMILES string of the molecule is O=C(O)NC1CCS[C@H]2CCCC(C(=O)Nc3nccs3)N2C1=O. The Morgan fingerprint density at radius 2 is 2.17 bits per heavy atom. The van der Waals surface area contributed by atoms with E-state index in [1.807, 2.05) is 0 Å². The van der Waals surface area contributed by atoms with E-state index in [0.717, 1.165) is 12.8 Å².